The van der Waals surface area contributed by atoms with Gasteiger partial charge in [-0.3, -0.25) is 14.7 Å². The van der Waals surface area contributed by atoms with Crippen LogP contribution >= 0.6 is 0 Å². The third-order valence-electron chi connectivity index (χ3n) is 5.80. The van der Waals surface area contributed by atoms with E-state index in [1.165, 1.54) is 0 Å². The van der Waals surface area contributed by atoms with Crippen LogP contribution in [-0.4, -0.2) is 57.3 Å². The average molecular weight is 447 g/mol. The van der Waals surface area contributed by atoms with Gasteiger partial charge in [0.1, 0.15) is 11.6 Å². The Balaban J connectivity index is 1.26. The van der Waals surface area contributed by atoms with Crippen molar-refractivity contribution in [1.82, 2.24) is 30.0 Å². The lowest BCUT2D eigenvalue weighted by Crippen LogP contribution is -2.28. The number of ether oxygens (including phenoxy) is 1. The van der Waals surface area contributed by atoms with Crippen LogP contribution in [0.2, 0.25) is 0 Å². The standard InChI is InChI=1S/C25H30N6O2/c1-33-22-9-3-2-7-21(22)8-5-14-30-15-12-23-28-29-24(31(23)17-16-30)19-27-25(32)11-10-20-6-4-13-26-18-20/h2-9,13,18H,10-12,14-17,19H2,1H3,(H,27,32)/b8-5+. The van der Waals surface area contributed by atoms with Gasteiger partial charge in [0.05, 0.1) is 13.7 Å². The largest absolute Gasteiger partial charge is 0.496 e. The Labute approximate surface area is 194 Å². The fraction of sp³-hybridized carbons (Fsp3) is 0.360. The molecule has 0 saturated carbocycles. The van der Waals surface area contributed by atoms with Crippen LogP contribution < -0.4 is 10.1 Å². The van der Waals surface area contributed by atoms with E-state index in [0.29, 0.717) is 19.4 Å². The number of amides is 1. The molecule has 4 rings (SSSR count). The van der Waals surface area contributed by atoms with Gasteiger partial charge in [0, 0.05) is 57.0 Å². The van der Waals surface area contributed by atoms with E-state index in [2.05, 4.69) is 48.2 Å². The van der Waals surface area contributed by atoms with Crippen molar-refractivity contribution in [3.8, 4) is 5.75 Å². The molecule has 0 spiro atoms. The molecule has 1 N–H and O–H groups in total. The summed E-state index contributed by atoms with van der Waals surface area (Å²) in [5, 5.41) is 11.7. The minimum absolute atomic E-state index is 0.00734. The van der Waals surface area contributed by atoms with Crippen molar-refractivity contribution in [1.29, 1.82) is 0 Å². The van der Waals surface area contributed by atoms with Crippen LogP contribution in [0.25, 0.3) is 6.08 Å². The SMILES string of the molecule is COc1ccccc1/C=C/CN1CCc2nnc(CNC(=O)CCc3cccnc3)n2CC1. The molecule has 0 radical (unpaired) electrons. The lowest BCUT2D eigenvalue weighted by Gasteiger charge is -2.17. The number of nitrogens with one attached hydrogen (secondary N) is 1. The van der Waals surface area contributed by atoms with Gasteiger partial charge in [0.2, 0.25) is 5.91 Å². The average Bonchev–Trinajstić information content (AvgIpc) is 3.13. The molecule has 1 aliphatic rings. The highest BCUT2D eigenvalue weighted by atomic mass is 16.5. The van der Waals surface area contributed by atoms with E-state index in [9.17, 15) is 4.79 Å². The summed E-state index contributed by atoms with van der Waals surface area (Å²) in [6.07, 6.45) is 9.75. The Morgan fingerprint density at radius 3 is 2.91 bits per heavy atom. The molecule has 3 aromatic rings. The molecule has 0 atom stereocenters. The fourth-order valence-corrected chi connectivity index (χ4v) is 3.94. The second-order valence-electron chi connectivity index (χ2n) is 8.02. The molecule has 0 fully saturated rings. The lowest BCUT2D eigenvalue weighted by molar-refractivity contribution is -0.121. The number of methoxy groups -OCH3 is 1. The van der Waals surface area contributed by atoms with E-state index in [-0.39, 0.29) is 5.91 Å². The quantitative estimate of drug-likeness (QED) is 0.544. The molecular weight excluding hydrogens is 416 g/mol. The zero-order valence-electron chi connectivity index (χ0n) is 19.0. The van der Waals surface area contributed by atoms with Gasteiger partial charge in [0.25, 0.3) is 0 Å². The molecule has 0 saturated heterocycles. The van der Waals surface area contributed by atoms with Crippen LogP contribution in [0, 0.1) is 0 Å². The zero-order valence-corrected chi connectivity index (χ0v) is 19.0. The molecule has 33 heavy (non-hydrogen) atoms. The molecular formula is C25H30N6O2. The molecule has 3 heterocycles. The van der Waals surface area contributed by atoms with Gasteiger partial charge in [-0.1, -0.05) is 36.4 Å². The molecule has 172 valence electrons. The maximum Gasteiger partial charge on any atom is 0.220 e. The second kappa shape index (κ2) is 11.4. The van der Waals surface area contributed by atoms with Crippen molar-refractivity contribution in [2.24, 2.45) is 0 Å². The van der Waals surface area contributed by atoms with Crippen LogP contribution in [0.1, 0.15) is 29.2 Å². The molecule has 2 aromatic heterocycles. The van der Waals surface area contributed by atoms with Crippen molar-refractivity contribution in [2.45, 2.75) is 32.4 Å². The number of pyridine rings is 1. The first-order valence-electron chi connectivity index (χ1n) is 11.3. The van der Waals surface area contributed by atoms with Gasteiger partial charge < -0.3 is 14.6 Å². The summed E-state index contributed by atoms with van der Waals surface area (Å²) in [6.45, 7) is 3.89. The first-order valence-corrected chi connectivity index (χ1v) is 11.3. The number of nitrogens with zero attached hydrogens (tertiary/aromatic N) is 5. The highest BCUT2D eigenvalue weighted by molar-refractivity contribution is 5.76. The first-order chi connectivity index (χ1) is 16.2. The number of benzene rings is 1. The van der Waals surface area contributed by atoms with Gasteiger partial charge in [-0.2, -0.15) is 0 Å². The van der Waals surface area contributed by atoms with Crippen molar-refractivity contribution < 1.29 is 9.53 Å². The Hall–Kier alpha value is -3.52. The van der Waals surface area contributed by atoms with Crippen LogP contribution in [-0.2, 0) is 30.7 Å². The summed E-state index contributed by atoms with van der Waals surface area (Å²) < 4.78 is 7.56. The molecule has 0 unspecified atom stereocenters. The number of hydrogen-bond acceptors (Lipinski definition) is 6. The summed E-state index contributed by atoms with van der Waals surface area (Å²) in [6, 6.07) is 11.9. The summed E-state index contributed by atoms with van der Waals surface area (Å²) in [4.78, 5) is 18.8. The lowest BCUT2D eigenvalue weighted by atomic mass is 10.1. The van der Waals surface area contributed by atoms with E-state index >= 15 is 0 Å². The molecule has 0 bridgehead atoms. The number of aryl methyl sites for hydroxylation is 1. The molecule has 0 aliphatic carbocycles. The number of fused-ring (bicyclic) bond motifs is 1. The fourth-order valence-electron chi connectivity index (χ4n) is 3.94. The summed E-state index contributed by atoms with van der Waals surface area (Å²) in [7, 11) is 1.69. The summed E-state index contributed by atoms with van der Waals surface area (Å²) >= 11 is 0. The highest BCUT2D eigenvalue weighted by Gasteiger charge is 2.18. The number of carbonyl (C=O) groups is 1. The third kappa shape index (κ3) is 6.26. The molecule has 1 aliphatic heterocycles. The topological polar surface area (TPSA) is 85.2 Å². The van der Waals surface area contributed by atoms with Gasteiger partial charge in [0.15, 0.2) is 5.82 Å². The second-order valence-corrected chi connectivity index (χ2v) is 8.02. The molecule has 1 aromatic carbocycles. The monoisotopic (exact) mass is 446 g/mol. The van der Waals surface area contributed by atoms with Crippen LogP contribution in [0.4, 0.5) is 0 Å². The van der Waals surface area contributed by atoms with Crippen LogP contribution in [0.3, 0.4) is 0 Å². The smallest absolute Gasteiger partial charge is 0.220 e. The van der Waals surface area contributed by atoms with Crippen molar-refractivity contribution in [3.63, 3.8) is 0 Å². The van der Waals surface area contributed by atoms with Gasteiger partial charge in [-0.25, -0.2) is 0 Å². The zero-order chi connectivity index (χ0) is 22.9. The van der Waals surface area contributed by atoms with E-state index in [4.69, 9.17) is 4.74 Å². The molecule has 1 amide bonds. The van der Waals surface area contributed by atoms with Crippen LogP contribution in [0.5, 0.6) is 5.75 Å². The van der Waals surface area contributed by atoms with E-state index < -0.39 is 0 Å². The van der Waals surface area contributed by atoms with Gasteiger partial charge >= 0.3 is 0 Å². The van der Waals surface area contributed by atoms with Crippen molar-refractivity contribution in [3.05, 3.63) is 77.6 Å². The minimum atomic E-state index is 0.00734. The predicted octanol–water partition coefficient (Wildman–Crippen LogP) is 2.50. The summed E-state index contributed by atoms with van der Waals surface area (Å²) in [5.41, 5.74) is 2.14. The first kappa shape index (κ1) is 22.7. The normalized spacial score (nSPS) is 14.1. The number of para-hydroxylation sites is 1. The van der Waals surface area contributed by atoms with Crippen molar-refractivity contribution >= 4 is 12.0 Å². The van der Waals surface area contributed by atoms with Gasteiger partial charge in [-0.05, 0) is 24.1 Å². The Bertz CT molecular complexity index is 1080. The number of aromatic nitrogens is 4. The minimum Gasteiger partial charge on any atom is -0.496 e. The van der Waals surface area contributed by atoms with E-state index in [0.717, 1.165) is 61.1 Å². The van der Waals surface area contributed by atoms with Crippen molar-refractivity contribution in [2.75, 3.05) is 26.7 Å². The maximum absolute atomic E-state index is 12.3. The number of rotatable bonds is 9. The van der Waals surface area contributed by atoms with Gasteiger partial charge in [-0.15, -0.1) is 10.2 Å². The van der Waals surface area contributed by atoms with Crippen LogP contribution in [0.15, 0.2) is 54.9 Å². The maximum atomic E-state index is 12.3. The highest BCUT2D eigenvalue weighted by Crippen LogP contribution is 2.18. The Kier molecular flexibility index (Phi) is 7.81. The van der Waals surface area contributed by atoms with E-state index in [1.54, 1.807) is 19.5 Å². The molecule has 8 nitrogen and oxygen atoms in total. The number of hydrogen-bond donors (Lipinski definition) is 1. The predicted molar refractivity (Wildman–Crippen MR) is 127 cm³/mol. The third-order valence-corrected chi connectivity index (χ3v) is 5.80. The Morgan fingerprint density at radius 1 is 1.15 bits per heavy atom. The molecule has 8 heteroatoms. The Morgan fingerprint density at radius 2 is 2.06 bits per heavy atom. The van der Waals surface area contributed by atoms with E-state index in [1.807, 2.05) is 30.3 Å². The number of carbonyl (C=O) groups excluding carboxylic acids is 1. The summed E-state index contributed by atoms with van der Waals surface area (Å²) in [5.74, 6) is 2.67.